The van der Waals surface area contributed by atoms with E-state index in [9.17, 15) is 4.79 Å². The third-order valence-corrected chi connectivity index (χ3v) is 3.88. The number of hydrogen-bond donors (Lipinski definition) is 2. The first kappa shape index (κ1) is 9.97. The monoisotopic (exact) mass is 197 g/mol. The van der Waals surface area contributed by atoms with E-state index < -0.39 is 11.4 Å². The molecule has 1 atom stereocenters. The molecule has 0 aromatic rings. The van der Waals surface area contributed by atoms with Gasteiger partial charge in [0.1, 0.15) is 0 Å². The van der Waals surface area contributed by atoms with Gasteiger partial charge in [-0.05, 0) is 32.6 Å². The number of aliphatic carboxylic acids is 1. The van der Waals surface area contributed by atoms with E-state index in [1.165, 1.54) is 25.7 Å². The van der Waals surface area contributed by atoms with E-state index in [0.717, 1.165) is 12.8 Å². The second kappa shape index (κ2) is 3.54. The molecule has 0 aliphatic heterocycles. The first-order valence-corrected chi connectivity index (χ1v) is 5.64. The van der Waals surface area contributed by atoms with Gasteiger partial charge in [0.05, 0.1) is 5.41 Å². The van der Waals surface area contributed by atoms with Crippen molar-refractivity contribution >= 4 is 5.97 Å². The molecule has 0 radical (unpaired) electrons. The second-order valence-electron chi connectivity index (χ2n) is 4.83. The fraction of sp³-hybridized carbons (Fsp3) is 0.909. The zero-order valence-corrected chi connectivity index (χ0v) is 8.75. The van der Waals surface area contributed by atoms with E-state index in [0.29, 0.717) is 6.04 Å². The van der Waals surface area contributed by atoms with Crippen LogP contribution in [-0.4, -0.2) is 23.2 Å². The highest BCUT2D eigenvalue weighted by Crippen LogP contribution is 2.49. The Balaban J connectivity index is 1.88. The zero-order valence-electron chi connectivity index (χ0n) is 8.75. The molecule has 3 nitrogen and oxygen atoms in total. The van der Waals surface area contributed by atoms with Crippen LogP contribution in [0, 0.1) is 5.41 Å². The predicted octanol–water partition coefficient (Wildman–Crippen LogP) is 1.77. The fourth-order valence-electron chi connectivity index (χ4n) is 2.57. The van der Waals surface area contributed by atoms with E-state index in [-0.39, 0.29) is 6.04 Å². The van der Waals surface area contributed by atoms with Crippen LogP contribution in [-0.2, 0) is 4.79 Å². The Morgan fingerprint density at radius 1 is 1.43 bits per heavy atom. The SMILES string of the molecule is CC(NC1CCCC1)C1(C(=O)O)CC1. The average molecular weight is 197 g/mol. The molecule has 2 aliphatic carbocycles. The molecule has 2 N–H and O–H groups in total. The molecule has 0 saturated heterocycles. The van der Waals surface area contributed by atoms with Gasteiger partial charge >= 0.3 is 5.97 Å². The predicted molar refractivity (Wildman–Crippen MR) is 54.2 cm³/mol. The van der Waals surface area contributed by atoms with Crippen molar-refractivity contribution in [3.63, 3.8) is 0 Å². The minimum absolute atomic E-state index is 0.142. The molecule has 2 saturated carbocycles. The van der Waals surface area contributed by atoms with Crippen molar-refractivity contribution in [3.05, 3.63) is 0 Å². The van der Waals surface area contributed by atoms with Crippen molar-refractivity contribution in [3.8, 4) is 0 Å². The van der Waals surface area contributed by atoms with Gasteiger partial charge in [-0.15, -0.1) is 0 Å². The minimum atomic E-state index is -0.615. The summed E-state index contributed by atoms with van der Waals surface area (Å²) in [6.45, 7) is 2.03. The maximum absolute atomic E-state index is 11.1. The largest absolute Gasteiger partial charge is 0.481 e. The summed E-state index contributed by atoms with van der Waals surface area (Å²) < 4.78 is 0. The van der Waals surface area contributed by atoms with Gasteiger partial charge in [0.2, 0.25) is 0 Å². The normalized spacial score (nSPS) is 27.5. The van der Waals surface area contributed by atoms with Crippen LogP contribution < -0.4 is 5.32 Å². The molecule has 2 aliphatic rings. The zero-order chi connectivity index (χ0) is 10.2. The molecule has 0 aromatic heterocycles. The second-order valence-corrected chi connectivity index (χ2v) is 4.83. The first-order chi connectivity index (χ1) is 6.65. The molecule has 2 rings (SSSR count). The summed E-state index contributed by atoms with van der Waals surface area (Å²) in [5.41, 5.74) is -0.428. The van der Waals surface area contributed by atoms with Crippen molar-refractivity contribution < 1.29 is 9.90 Å². The number of nitrogens with one attached hydrogen (secondary N) is 1. The Bertz CT molecular complexity index is 229. The average Bonchev–Trinajstić information content (AvgIpc) is 2.81. The summed E-state index contributed by atoms with van der Waals surface area (Å²) >= 11 is 0. The van der Waals surface area contributed by atoms with Gasteiger partial charge in [0.15, 0.2) is 0 Å². The maximum Gasteiger partial charge on any atom is 0.311 e. The van der Waals surface area contributed by atoms with E-state index >= 15 is 0 Å². The lowest BCUT2D eigenvalue weighted by atomic mass is 9.97. The lowest BCUT2D eigenvalue weighted by Gasteiger charge is -2.24. The third-order valence-electron chi connectivity index (χ3n) is 3.88. The molecule has 2 fully saturated rings. The minimum Gasteiger partial charge on any atom is -0.481 e. The summed E-state index contributed by atoms with van der Waals surface area (Å²) in [5.74, 6) is -0.615. The quantitative estimate of drug-likeness (QED) is 0.722. The van der Waals surface area contributed by atoms with Crippen LogP contribution in [0.3, 0.4) is 0 Å². The molecule has 3 heteroatoms. The highest BCUT2D eigenvalue weighted by atomic mass is 16.4. The third kappa shape index (κ3) is 1.65. The number of carboxylic acid groups (broad SMARTS) is 1. The molecule has 0 spiro atoms. The molecule has 80 valence electrons. The molecular weight excluding hydrogens is 178 g/mol. The van der Waals surface area contributed by atoms with Gasteiger partial charge in [-0.2, -0.15) is 0 Å². The molecular formula is C11H19NO2. The van der Waals surface area contributed by atoms with E-state index in [4.69, 9.17) is 5.11 Å². The molecule has 0 aromatic carbocycles. The molecule has 0 heterocycles. The lowest BCUT2D eigenvalue weighted by molar-refractivity contribution is -0.144. The Morgan fingerprint density at radius 3 is 2.43 bits per heavy atom. The van der Waals surface area contributed by atoms with E-state index in [1.807, 2.05) is 6.92 Å². The summed E-state index contributed by atoms with van der Waals surface area (Å²) in [5, 5.41) is 12.6. The summed E-state index contributed by atoms with van der Waals surface area (Å²) in [6.07, 6.45) is 6.74. The van der Waals surface area contributed by atoms with Gasteiger partial charge in [-0.1, -0.05) is 12.8 Å². The highest BCUT2D eigenvalue weighted by Gasteiger charge is 2.54. The Morgan fingerprint density at radius 2 is 2.00 bits per heavy atom. The van der Waals surface area contributed by atoms with Gasteiger partial charge in [0, 0.05) is 12.1 Å². The first-order valence-electron chi connectivity index (χ1n) is 5.64. The van der Waals surface area contributed by atoms with Crippen LogP contribution in [0.15, 0.2) is 0 Å². The molecule has 14 heavy (non-hydrogen) atoms. The van der Waals surface area contributed by atoms with Crippen LogP contribution in [0.1, 0.15) is 45.4 Å². The highest BCUT2D eigenvalue weighted by molar-refractivity contribution is 5.78. The standard InChI is InChI=1S/C11H19NO2/c1-8(11(6-7-11)10(13)14)12-9-4-2-3-5-9/h8-9,12H,2-7H2,1H3,(H,13,14). The maximum atomic E-state index is 11.1. The van der Waals surface area contributed by atoms with Crippen molar-refractivity contribution in [1.29, 1.82) is 0 Å². The Hall–Kier alpha value is -0.570. The van der Waals surface area contributed by atoms with E-state index in [2.05, 4.69) is 5.32 Å². The van der Waals surface area contributed by atoms with Crippen molar-refractivity contribution in [2.75, 3.05) is 0 Å². The Kier molecular flexibility index (Phi) is 2.52. The van der Waals surface area contributed by atoms with Crippen molar-refractivity contribution in [2.45, 2.75) is 57.5 Å². The van der Waals surface area contributed by atoms with Crippen LogP contribution in [0.5, 0.6) is 0 Å². The number of carboxylic acids is 1. The van der Waals surface area contributed by atoms with Crippen molar-refractivity contribution in [2.24, 2.45) is 5.41 Å². The number of rotatable bonds is 4. The van der Waals surface area contributed by atoms with E-state index in [1.54, 1.807) is 0 Å². The van der Waals surface area contributed by atoms with Gasteiger partial charge in [-0.3, -0.25) is 4.79 Å². The Labute approximate surface area is 84.9 Å². The fourth-order valence-corrected chi connectivity index (χ4v) is 2.57. The lowest BCUT2D eigenvalue weighted by Crippen LogP contribution is -2.43. The molecule has 0 bridgehead atoms. The molecule has 1 unspecified atom stereocenters. The number of carbonyl (C=O) groups is 1. The summed E-state index contributed by atoms with van der Waals surface area (Å²) in [6, 6.07) is 0.713. The topological polar surface area (TPSA) is 49.3 Å². The summed E-state index contributed by atoms with van der Waals surface area (Å²) in [4.78, 5) is 11.1. The van der Waals surface area contributed by atoms with Crippen molar-refractivity contribution in [1.82, 2.24) is 5.32 Å². The molecule has 0 amide bonds. The van der Waals surface area contributed by atoms with Crippen LogP contribution in [0.4, 0.5) is 0 Å². The van der Waals surface area contributed by atoms with Crippen LogP contribution in [0.2, 0.25) is 0 Å². The number of hydrogen-bond acceptors (Lipinski definition) is 2. The van der Waals surface area contributed by atoms with Crippen LogP contribution >= 0.6 is 0 Å². The van der Waals surface area contributed by atoms with Gasteiger partial charge < -0.3 is 10.4 Å². The van der Waals surface area contributed by atoms with Gasteiger partial charge in [-0.25, -0.2) is 0 Å². The van der Waals surface area contributed by atoms with Crippen LogP contribution in [0.25, 0.3) is 0 Å². The van der Waals surface area contributed by atoms with Gasteiger partial charge in [0.25, 0.3) is 0 Å². The smallest absolute Gasteiger partial charge is 0.311 e. The summed E-state index contributed by atoms with van der Waals surface area (Å²) in [7, 11) is 0.